The van der Waals surface area contributed by atoms with Crippen molar-refractivity contribution in [3.05, 3.63) is 66.0 Å². The summed E-state index contributed by atoms with van der Waals surface area (Å²) in [5.74, 6) is -1.27. The summed E-state index contributed by atoms with van der Waals surface area (Å²) in [6.07, 6.45) is 4.09. The standard InChI is InChI=1S/C18H15F2N5O/c19-13-4-2-1-3-12(13)18(6-7-18)17(26)23-15-5-8-25(24-15)11-9-14(20)16(21)22-10-11/h1-5,8-10H,6-7H2,(H2,21,22)(H,23,24,26). The van der Waals surface area contributed by atoms with Crippen molar-refractivity contribution in [2.75, 3.05) is 11.1 Å². The molecule has 2 heterocycles. The Morgan fingerprint density at radius 3 is 2.65 bits per heavy atom. The van der Waals surface area contributed by atoms with Crippen molar-refractivity contribution < 1.29 is 13.6 Å². The summed E-state index contributed by atoms with van der Waals surface area (Å²) in [4.78, 5) is 16.4. The molecule has 1 amide bonds. The fraction of sp³-hybridized carbons (Fsp3) is 0.167. The molecule has 0 unspecified atom stereocenters. The second kappa shape index (κ2) is 5.91. The van der Waals surface area contributed by atoms with E-state index in [4.69, 9.17) is 5.73 Å². The number of anilines is 2. The summed E-state index contributed by atoms with van der Waals surface area (Å²) < 4.78 is 29.0. The van der Waals surface area contributed by atoms with Gasteiger partial charge in [0, 0.05) is 23.9 Å². The van der Waals surface area contributed by atoms with Gasteiger partial charge in [-0.25, -0.2) is 18.4 Å². The monoisotopic (exact) mass is 355 g/mol. The molecular formula is C18H15F2N5O. The van der Waals surface area contributed by atoms with Crippen molar-refractivity contribution in [1.82, 2.24) is 14.8 Å². The molecule has 0 spiro atoms. The highest BCUT2D eigenvalue weighted by Crippen LogP contribution is 2.49. The number of aromatic nitrogens is 3. The van der Waals surface area contributed by atoms with Gasteiger partial charge in [-0.1, -0.05) is 18.2 Å². The Bertz CT molecular complexity index is 997. The van der Waals surface area contributed by atoms with Crippen LogP contribution in [0.4, 0.5) is 20.4 Å². The molecule has 0 atom stereocenters. The van der Waals surface area contributed by atoms with Gasteiger partial charge >= 0.3 is 0 Å². The predicted octanol–water partition coefficient (Wildman–Crippen LogP) is 2.80. The third-order valence-corrected chi connectivity index (χ3v) is 4.52. The average Bonchev–Trinajstić information content (AvgIpc) is 3.31. The van der Waals surface area contributed by atoms with E-state index in [9.17, 15) is 13.6 Å². The van der Waals surface area contributed by atoms with E-state index in [0.29, 0.717) is 24.1 Å². The molecule has 1 aliphatic rings. The molecule has 0 bridgehead atoms. The molecule has 0 saturated heterocycles. The maximum absolute atomic E-state index is 14.1. The van der Waals surface area contributed by atoms with Gasteiger partial charge in [0.15, 0.2) is 17.5 Å². The van der Waals surface area contributed by atoms with Gasteiger partial charge in [-0.2, -0.15) is 5.10 Å². The van der Waals surface area contributed by atoms with Crippen LogP contribution in [0.1, 0.15) is 18.4 Å². The number of pyridine rings is 1. The van der Waals surface area contributed by atoms with E-state index in [0.717, 1.165) is 0 Å². The van der Waals surface area contributed by atoms with E-state index in [1.807, 2.05) is 0 Å². The minimum atomic E-state index is -0.857. The van der Waals surface area contributed by atoms with Crippen LogP contribution in [0.5, 0.6) is 0 Å². The zero-order valence-electron chi connectivity index (χ0n) is 13.6. The van der Waals surface area contributed by atoms with Crippen molar-refractivity contribution >= 4 is 17.5 Å². The number of nitrogen functional groups attached to an aromatic ring is 1. The first-order valence-electron chi connectivity index (χ1n) is 8.03. The van der Waals surface area contributed by atoms with E-state index in [2.05, 4.69) is 15.4 Å². The van der Waals surface area contributed by atoms with Crippen LogP contribution in [0.15, 0.2) is 48.8 Å². The highest BCUT2D eigenvalue weighted by atomic mass is 19.1. The largest absolute Gasteiger partial charge is 0.381 e. The number of amides is 1. The van der Waals surface area contributed by atoms with E-state index in [1.54, 1.807) is 30.5 Å². The Labute approximate surface area is 147 Å². The normalized spacial score (nSPS) is 14.8. The first kappa shape index (κ1) is 16.2. The average molecular weight is 355 g/mol. The Hall–Kier alpha value is -3.29. The molecule has 2 aromatic heterocycles. The zero-order chi connectivity index (χ0) is 18.3. The molecule has 6 nitrogen and oxygen atoms in total. The molecule has 0 radical (unpaired) electrons. The number of carbonyl (C=O) groups excluding carboxylic acids is 1. The maximum Gasteiger partial charge on any atom is 0.236 e. The predicted molar refractivity (Wildman–Crippen MR) is 91.7 cm³/mol. The third kappa shape index (κ3) is 2.69. The van der Waals surface area contributed by atoms with E-state index in [-0.39, 0.29) is 17.5 Å². The van der Waals surface area contributed by atoms with Gasteiger partial charge in [0.2, 0.25) is 5.91 Å². The number of nitrogens with zero attached hydrogens (tertiary/aromatic N) is 3. The van der Waals surface area contributed by atoms with Crippen LogP contribution in [0.25, 0.3) is 5.69 Å². The minimum absolute atomic E-state index is 0.199. The highest BCUT2D eigenvalue weighted by Gasteiger charge is 2.52. The van der Waals surface area contributed by atoms with Gasteiger partial charge in [0.05, 0.1) is 17.3 Å². The topological polar surface area (TPSA) is 85.8 Å². The van der Waals surface area contributed by atoms with Crippen molar-refractivity contribution in [1.29, 1.82) is 0 Å². The Morgan fingerprint density at radius 2 is 1.96 bits per heavy atom. The minimum Gasteiger partial charge on any atom is -0.381 e. The smallest absolute Gasteiger partial charge is 0.236 e. The number of carbonyl (C=O) groups is 1. The van der Waals surface area contributed by atoms with Gasteiger partial charge in [-0.3, -0.25) is 4.79 Å². The van der Waals surface area contributed by atoms with Crippen molar-refractivity contribution in [3.8, 4) is 5.69 Å². The lowest BCUT2D eigenvalue weighted by Crippen LogP contribution is -2.29. The van der Waals surface area contributed by atoms with Crippen molar-refractivity contribution in [2.45, 2.75) is 18.3 Å². The van der Waals surface area contributed by atoms with E-state index < -0.39 is 17.0 Å². The lowest BCUT2D eigenvalue weighted by Gasteiger charge is -2.15. The molecule has 132 valence electrons. The van der Waals surface area contributed by atoms with Gasteiger partial charge < -0.3 is 11.1 Å². The summed E-state index contributed by atoms with van der Waals surface area (Å²) in [6, 6.07) is 9.05. The molecule has 26 heavy (non-hydrogen) atoms. The van der Waals surface area contributed by atoms with Crippen LogP contribution in [-0.2, 0) is 10.2 Å². The second-order valence-corrected chi connectivity index (χ2v) is 6.22. The molecule has 1 aliphatic carbocycles. The number of hydrogen-bond acceptors (Lipinski definition) is 4. The molecule has 1 fully saturated rings. The lowest BCUT2D eigenvalue weighted by atomic mass is 9.94. The first-order chi connectivity index (χ1) is 12.5. The Balaban J connectivity index is 1.55. The zero-order valence-corrected chi connectivity index (χ0v) is 13.6. The van der Waals surface area contributed by atoms with Crippen LogP contribution in [0.2, 0.25) is 0 Å². The van der Waals surface area contributed by atoms with E-state index in [1.165, 1.54) is 23.0 Å². The maximum atomic E-state index is 14.1. The molecular weight excluding hydrogens is 340 g/mol. The highest BCUT2D eigenvalue weighted by molar-refractivity contribution is 6.00. The molecule has 3 aromatic rings. The van der Waals surface area contributed by atoms with Crippen LogP contribution in [0.3, 0.4) is 0 Å². The van der Waals surface area contributed by atoms with Crippen LogP contribution in [0, 0.1) is 11.6 Å². The van der Waals surface area contributed by atoms with Crippen molar-refractivity contribution in [2.24, 2.45) is 0 Å². The fourth-order valence-electron chi connectivity index (χ4n) is 2.93. The van der Waals surface area contributed by atoms with Gasteiger partial charge in [0.1, 0.15) is 5.82 Å². The van der Waals surface area contributed by atoms with Crippen molar-refractivity contribution in [3.63, 3.8) is 0 Å². The third-order valence-electron chi connectivity index (χ3n) is 4.52. The summed E-state index contributed by atoms with van der Waals surface area (Å²) in [6.45, 7) is 0. The lowest BCUT2D eigenvalue weighted by molar-refractivity contribution is -0.118. The first-order valence-corrected chi connectivity index (χ1v) is 8.03. The molecule has 0 aliphatic heterocycles. The summed E-state index contributed by atoms with van der Waals surface area (Å²) >= 11 is 0. The quantitative estimate of drug-likeness (QED) is 0.754. The summed E-state index contributed by atoms with van der Waals surface area (Å²) in [5, 5.41) is 6.90. The summed E-state index contributed by atoms with van der Waals surface area (Å²) in [7, 11) is 0. The molecule has 8 heteroatoms. The fourth-order valence-corrected chi connectivity index (χ4v) is 2.93. The SMILES string of the molecule is Nc1ncc(-n2ccc(NC(=O)C3(c4ccccc4F)CC3)n2)cc1F. The number of rotatable bonds is 4. The molecule has 1 saturated carbocycles. The summed E-state index contributed by atoms with van der Waals surface area (Å²) in [5.41, 5.74) is 5.26. The number of nitrogens with two attached hydrogens (primary N) is 1. The molecule has 1 aromatic carbocycles. The molecule has 3 N–H and O–H groups in total. The van der Waals surface area contributed by atoms with Crippen LogP contribution >= 0.6 is 0 Å². The number of halogens is 2. The van der Waals surface area contributed by atoms with Crippen LogP contribution in [-0.4, -0.2) is 20.7 Å². The number of nitrogens with one attached hydrogen (secondary N) is 1. The second-order valence-electron chi connectivity index (χ2n) is 6.22. The van der Waals surface area contributed by atoms with Crippen LogP contribution < -0.4 is 11.1 Å². The molecule has 4 rings (SSSR count). The Morgan fingerprint density at radius 1 is 1.19 bits per heavy atom. The number of benzene rings is 1. The van der Waals surface area contributed by atoms with Gasteiger partial charge in [-0.05, 0) is 18.9 Å². The Kier molecular flexibility index (Phi) is 3.68. The number of hydrogen-bond donors (Lipinski definition) is 2. The van der Waals surface area contributed by atoms with Gasteiger partial charge in [0.25, 0.3) is 0 Å². The van der Waals surface area contributed by atoms with E-state index >= 15 is 0 Å². The van der Waals surface area contributed by atoms with Gasteiger partial charge in [-0.15, -0.1) is 0 Å².